The van der Waals surface area contributed by atoms with Gasteiger partial charge in [0.1, 0.15) is 29.7 Å². The van der Waals surface area contributed by atoms with Gasteiger partial charge < -0.3 is 48.9 Å². The molecule has 2 aliphatic heterocycles. The van der Waals surface area contributed by atoms with Crippen LogP contribution in [0.2, 0.25) is 0 Å². The number of hydrogen-bond acceptors (Lipinski definition) is 12. The van der Waals surface area contributed by atoms with E-state index in [0.29, 0.717) is 6.42 Å². The van der Waals surface area contributed by atoms with Crippen LogP contribution in [-0.2, 0) is 44.6 Å². The molecule has 2 saturated heterocycles. The van der Waals surface area contributed by atoms with Crippen molar-refractivity contribution in [3.8, 4) is 0 Å². The quantitative estimate of drug-likeness (QED) is 0.312. The number of methoxy groups -OCH3 is 2. The molecule has 13 nitrogen and oxygen atoms in total. The van der Waals surface area contributed by atoms with Gasteiger partial charge in [0, 0.05) is 44.6 Å². The first-order chi connectivity index (χ1) is 24.3. The Morgan fingerprint density at radius 3 is 2.21 bits per heavy atom. The van der Waals surface area contributed by atoms with Gasteiger partial charge in [-0.15, -0.1) is 0 Å². The molecule has 14 atom stereocenters. The second kappa shape index (κ2) is 18.6. The summed E-state index contributed by atoms with van der Waals surface area (Å²) >= 11 is 0. The number of alkyl carbamates (subject to hydrolysis) is 1. The number of aliphatic hydroxyl groups excluding tert-OH is 1. The van der Waals surface area contributed by atoms with Gasteiger partial charge in [0.2, 0.25) is 0 Å². The number of nitrogens with one attached hydrogen (secondary N) is 1. The highest BCUT2D eigenvalue weighted by atomic mass is 16.7. The molecule has 1 aromatic rings. The molecule has 0 aliphatic carbocycles. The van der Waals surface area contributed by atoms with Crippen molar-refractivity contribution in [2.45, 2.75) is 141 Å². The lowest BCUT2D eigenvalue weighted by molar-refractivity contribution is -0.301. The van der Waals surface area contributed by atoms with Crippen molar-refractivity contribution in [2.75, 3.05) is 28.3 Å². The second-order valence-electron chi connectivity index (χ2n) is 15.5. The fourth-order valence-electron chi connectivity index (χ4n) is 8.15. The van der Waals surface area contributed by atoms with Crippen LogP contribution in [0.3, 0.4) is 0 Å². The largest absolute Gasteiger partial charge is 0.459 e. The van der Waals surface area contributed by atoms with Crippen molar-refractivity contribution in [1.29, 1.82) is 0 Å². The molecule has 0 radical (unpaired) electrons. The van der Waals surface area contributed by atoms with E-state index >= 15 is 0 Å². The fourth-order valence-corrected chi connectivity index (χ4v) is 8.15. The minimum absolute atomic E-state index is 0.138. The lowest BCUT2D eigenvalue weighted by Crippen LogP contribution is -2.61. The molecular weight excluding hydrogens is 672 g/mol. The molecule has 0 aromatic heterocycles. The molecule has 0 unspecified atom stereocenters. The van der Waals surface area contributed by atoms with E-state index in [2.05, 4.69) is 5.32 Å². The van der Waals surface area contributed by atoms with Crippen molar-refractivity contribution < 1.29 is 53.0 Å². The number of cyclic esters (lactones) is 1. The molecule has 0 saturated carbocycles. The van der Waals surface area contributed by atoms with Crippen LogP contribution in [0.4, 0.5) is 4.79 Å². The summed E-state index contributed by atoms with van der Waals surface area (Å²) in [5, 5.41) is 26.2. The number of carbonyl (C=O) groups excluding carboxylic acids is 3. The van der Waals surface area contributed by atoms with Gasteiger partial charge in [0.25, 0.3) is 0 Å². The molecule has 2 aliphatic rings. The minimum atomic E-state index is -1.75. The normalized spacial score (nSPS) is 39.8. The first-order valence-corrected chi connectivity index (χ1v) is 18.5. The number of esters is 1. The summed E-state index contributed by atoms with van der Waals surface area (Å²) in [7, 11) is 6.67. The summed E-state index contributed by atoms with van der Waals surface area (Å²) in [6.45, 7) is 14.0. The van der Waals surface area contributed by atoms with Gasteiger partial charge in [-0.2, -0.15) is 0 Å². The highest BCUT2D eigenvalue weighted by molar-refractivity contribution is 5.83. The maximum atomic E-state index is 14.1. The van der Waals surface area contributed by atoms with Gasteiger partial charge in [-0.25, -0.2) is 4.79 Å². The number of benzene rings is 1. The molecule has 3 N–H and O–H groups in total. The molecule has 3 rings (SSSR count). The molecular formula is C39H64N2O11. The number of amides is 1. The van der Waals surface area contributed by atoms with Crippen LogP contribution in [0, 0.1) is 23.7 Å². The highest BCUT2D eigenvalue weighted by Gasteiger charge is 2.53. The molecule has 2 fully saturated rings. The zero-order valence-electron chi connectivity index (χ0n) is 33.2. The average Bonchev–Trinajstić information content (AvgIpc) is 3.10. The fraction of sp³-hybridized carbons (Fsp3) is 0.769. The monoisotopic (exact) mass is 736 g/mol. The van der Waals surface area contributed by atoms with E-state index in [9.17, 15) is 24.6 Å². The third-order valence-corrected chi connectivity index (χ3v) is 11.2. The van der Waals surface area contributed by atoms with Gasteiger partial charge in [0.15, 0.2) is 6.29 Å². The van der Waals surface area contributed by atoms with Crippen molar-refractivity contribution >= 4 is 17.8 Å². The van der Waals surface area contributed by atoms with Gasteiger partial charge >= 0.3 is 12.1 Å². The third-order valence-electron chi connectivity index (χ3n) is 11.2. The van der Waals surface area contributed by atoms with Crippen LogP contribution in [0.15, 0.2) is 30.3 Å². The Morgan fingerprint density at radius 2 is 1.65 bits per heavy atom. The molecule has 0 spiro atoms. The summed E-state index contributed by atoms with van der Waals surface area (Å²) in [6, 6.07) is 9.03. The lowest BCUT2D eigenvalue weighted by Gasteiger charge is -2.48. The van der Waals surface area contributed by atoms with Gasteiger partial charge in [-0.3, -0.25) is 9.59 Å². The number of ketones is 1. The standard InChI is InChI=1S/C39H64N2O11/c1-13-29-39(8,46)34(47-11)24(4)30(42)22(2)20-38(7,48-12)33(52-36-31(43)28(41(9)10)19-23(3)49-36)25(5)32(26(6)35(44)50-29)51-37(45)40-21-27-17-15-14-16-18-27/h14-18,22-26,28-29,31-34,36,43,46H,13,19-21H2,1-12H3,(H,40,45)/t22-,23-,24-,25+,26-,28+,29-,31-,32+,33-,34-,36+,38-,39-/m1/s1. The van der Waals surface area contributed by atoms with Crippen LogP contribution < -0.4 is 5.32 Å². The van der Waals surface area contributed by atoms with E-state index in [1.807, 2.05) is 56.3 Å². The summed E-state index contributed by atoms with van der Waals surface area (Å²) in [6.07, 6.45) is -6.54. The van der Waals surface area contributed by atoms with E-state index in [0.717, 1.165) is 5.56 Å². The SMILES string of the molecule is CC[C@H]1OC(=O)[C@H](C)[C@@H](OC(=O)NCc2ccccc2)[C@H](C)[C@@H](O[C@@H]2O[C@H](C)C[C@H](N(C)C)[C@H]2O)[C@](C)(OC)C[C@@H](C)C(=O)[C@@H](C)[C@@H](OC)[C@]1(C)O. The number of likely N-dealkylation sites (N-methyl/N-ethyl adjacent to an activating group) is 1. The van der Waals surface area contributed by atoms with Crippen LogP contribution in [0.1, 0.15) is 80.2 Å². The number of nitrogens with zero attached hydrogens (tertiary/aromatic N) is 1. The number of Topliss-reactive ketones (excluding diaryl/α,β-unsaturated/α-hetero) is 1. The molecule has 2 heterocycles. The van der Waals surface area contributed by atoms with Crippen LogP contribution in [0.5, 0.6) is 0 Å². The zero-order valence-corrected chi connectivity index (χ0v) is 33.2. The molecule has 0 bridgehead atoms. The third kappa shape index (κ3) is 10.1. The van der Waals surface area contributed by atoms with Crippen molar-refractivity contribution in [2.24, 2.45) is 23.7 Å². The highest BCUT2D eigenvalue weighted by Crippen LogP contribution is 2.40. The number of ether oxygens (including phenoxy) is 6. The van der Waals surface area contributed by atoms with E-state index in [1.54, 1.807) is 41.5 Å². The minimum Gasteiger partial charge on any atom is -0.459 e. The number of hydrogen-bond donors (Lipinski definition) is 3. The predicted molar refractivity (Wildman–Crippen MR) is 194 cm³/mol. The van der Waals surface area contributed by atoms with Crippen molar-refractivity contribution in [3.63, 3.8) is 0 Å². The molecule has 52 heavy (non-hydrogen) atoms. The van der Waals surface area contributed by atoms with Gasteiger partial charge in [-0.1, -0.05) is 58.0 Å². The maximum absolute atomic E-state index is 14.1. The average molecular weight is 737 g/mol. The molecule has 296 valence electrons. The first-order valence-electron chi connectivity index (χ1n) is 18.5. The molecule has 13 heteroatoms. The Bertz CT molecular complexity index is 1310. The topological polar surface area (TPSA) is 162 Å². The van der Waals surface area contributed by atoms with E-state index in [-0.39, 0.29) is 37.3 Å². The van der Waals surface area contributed by atoms with Crippen molar-refractivity contribution in [3.05, 3.63) is 35.9 Å². The summed E-state index contributed by atoms with van der Waals surface area (Å²) < 4.78 is 37.1. The zero-order chi connectivity index (χ0) is 39.1. The Morgan fingerprint density at radius 1 is 1.02 bits per heavy atom. The Hall–Kier alpha value is -2.65. The summed E-state index contributed by atoms with van der Waals surface area (Å²) in [5.74, 6) is -4.22. The van der Waals surface area contributed by atoms with E-state index in [4.69, 9.17) is 28.4 Å². The smallest absolute Gasteiger partial charge is 0.407 e. The van der Waals surface area contributed by atoms with Crippen LogP contribution >= 0.6 is 0 Å². The number of rotatable bonds is 9. The maximum Gasteiger partial charge on any atom is 0.407 e. The van der Waals surface area contributed by atoms with E-state index < -0.39 is 83.7 Å². The summed E-state index contributed by atoms with van der Waals surface area (Å²) in [4.78, 5) is 43.7. The van der Waals surface area contributed by atoms with Gasteiger partial charge in [0.05, 0.1) is 29.8 Å². The molecule has 1 aromatic carbocycles. The van der Waals surface area contributed by atoms with E-state index in [1.165, 1.54) is 21.1 Å². The number of aliphatic hydroxyl groups is 2. The Balaban J connectivity index is 2.17. The Labute approximate surface area is 310 Å². The van der Waals surface area contributed by atoms with Crippen LogP contribution in [0.25, 0.3) is 0 Å². The first kappa shape index (κ1) is 43.8. The predicted octanol–water partition coefficient (Wildman–Crippen LogP) is 4.10. The second-order valence-corrected chi connectivity index (χ2v) is 15.5. The lowest BCUT2D eigenvalue weighted by atomic mass is 9.73. The van der Waals surface area contributed by atoms with Gasteiger partial charge in [-0.05, 0) is 66.6 Å². The van der Waals surface area contributed by atoms with Crippen LogP contribution in [-0.4, -0.2) is 121 Å². The summed E-state index contributed by atoms with van der Waals surface area (Å²) in [5.41, 5.74) is -2.16. The van der Waals surface area contributed by atoms with Crippen molar-refractivity contribution in [1.82, 2.24) is 10.2 Å². The molecule has 1 amide bonds. The number of carbonyl (C=O) groups is 3. The Kier molecular flexibility index (Phi) is 15.6.